The van der Waals surface area contributed by atoms with Gasteiger partial charge in [-0.05, 0) is 57.9 Å². The molecule has 2 saturated carbocycles. The summed E-state index contributed by atoms with van der Waals surface area (Å²) < 4.78 is 5.68. The third kappa shape index (κ3) is 2.83. The van der Waals surface area contributed by atoms with E-state index >= 15 is 0 Å². The lowest BCUT2D eigenvalue weighted by Gasteiger charge is -2.32. The summed E-state index contributed by atoms with van der Waals surface area (Å²) in [5, 5.41) is 4.22. The van der Waals surface area contributed by atoms with Crippen LogP contribution in [0, 0.1) is 24.7 Å². The lowest BCUT2D eigenvalue weighted by atomic mass is 9.78. The highest BCUT2D eigenvalue weighted by atomic mass is 16.5. The largest absolute Gasteiger partial charge is 0.343 e. The summed E-state index contributed by atoms with van der Waals surface area (Å²) in [7, 11) is 1.90. The Morgan fingerprint density at radius 2 is 2.04 bits per heavy atom. The van der Waals surface area contributed by atoms with E-state index in [0.717, 1.165) is 24.8 Å². The van der Waals surface area contributed by atoms with E-state index in [4.69, 9.17) is 9.51 Å². The van der Waals surface area contributed by atoms with Gasteiger partial charge in [0.1, 0.15) is 0 Å². The summed E-state index contributed by atoms with van der Waals surface area (Å²) in [6, 6.07) is 8.31. The van der Waals surface area contributed by atoms with E-state index in [0.29, 0.717) is 23.6 Å². The normalized spacial score (nSPS) is 27.3. The Bertz CT molecular complexity index is 813. The molecule has 2 bridgehead atoms. The molecule has 1 amide bonds. The van der Waals surface area contributed by atoms with Crippen LogP contribution in [0.3, 0.4) is 0 Å². The monoisotopic (exact) mass is 353 g/mol. The molecule has 4 rings (SSSR count). The number of nitrogens with zero attached hydrogens (tertiary/aromatic N) is 3. The number of hydrogen-bond donors (Lipinski definition) is 0. The van der Waals surface area contributed by atoms with Gasteiger partial charge >= 0.3 is 0 Å². The number of benzene rings is 1. The van der Waals surface area contributed by atoms with Crippen LogP contribution in [0.15, 0.2) is 28.8 Å². The zero-order valence-electron chi connectivity index (χ0n) is 16.0. The fourth-order valence-corrected chi connectivity index (χ4v) is 4.76. The highest BCUT2D eigenvalue weighted by Gasteiger charge is 2.54. The fourth-order valence-electron chi connectivity index (χ4n) is 4.76. The number of aryl methyl sites for hydroxylation is 1. The second kappa shape index (κ2) is 6.53. The van der Waals surface area contributed by atoms with Gasteiger partial charge in [-0.3, -0.25) is 4.79 Å². The van der Waals surface area contributed by atoms with Crippen LogP contribution < -0.4 is 0 Å². The molecule has 5 nitrogen and oxygen atoms in total. The first-order valence-electron chi connectivity index (χ1n) is 9.63. The van der Waals surface area contributed by atoms with Gasteiger partial charge in [0.2, 0.25) is 17.6 Å². The van der Waals surface area contributed by atoms with Crippen molar-refractivity contribution in [2.75, 3.05) is 7.05 Å². The molecule has 4 atom stereocenters. The first kappa shape index (κ1) is 17.3. The zero-order chi connectivity index (χ0) is 18.4. The molecule has 1 aromatic carbocycles. The van der Waals surface area contributed by atoms with Crippen molar-refractivity contribution in [2.45, 2.75) is 52.0 Å². The minimum absolute atomic E-state index is 0.0213. The van der Waals surface area contributed by atoms with Crippen molar-refractivity contribution >= 4 is 5.91 Å². The predicted octanol–water partition coefficient (Wildman–Crippen LogP) is 4.04. The fraction of sp³-hybridized carbons (Fsp3) is 0.571. The van der Waals surface area contributed by atoms with Crippen LogP contribution in [-0.4, -0.2) is 34.0 Å². The average Bonchev–Trinajstić information content (AvgIpc) is 3.35. The van der Waals surface area contributed by atoms with Gasteiger partial charge in [0.15, 0.2) is 0 Å². The lowest BCUT2D eigenvalue weighted by Crippen LogP contribution is -2.42. The van der Waals surface area contributed by atoms with E-state index in [-0.39, 0.29) is 23.8 Å². The number of carbonyl (C=O) groups is 1. The molecule has 2 fully saturated rings. The van der Waals surface area contributed by atoms with E-state index in [1.807, 2.05) is 24.1 Å². The molecular formula is C21H27N3O2. The van der Waals surface area contributed by atoms with Crippen molar-refractivity contribution < 1.29 is 9.32 Å². The Balaban J connectivity index is 1.64. The zero-order valence-corrected chi connectivity index (χ0v) is 16.0. The van der Waals surface area contributed by atoms with Crippen molar-refractivity contribution in [3.05, 3.63) is 35.7 Å². The highest BCUT2D eigenvalue weighted by molar-refractivity contribution is 5.81. The second-order valence-electron chi connectivity index (χ2n) is 8.25. The van der Waals surface area contributed by atoms with Crippen LogP contribution in [0.25, 0.3) is 11.4 Å². The van der Waals surface area contributed by atoms with Crippen LogP contribution in [0.4, 0.5) is 0 Å². The number of hydrogen-bond acceptors (Lipinski definition) is 4. The number of amides is 1. The molecule has 2 aliphatic carbocycles. The molecule has 138 valence electrons. The molecule has 0 radical (unpaired) electrons. The summed E-state index contributed by atoms with van der Waals surface area (Å²) in [6.45, 7) is 6.17. The maximum Gasteiger partial charge on any atom is 0.231 e. The second-order valence-corrected chi connectivity index (χ2v) is 8.25. The van der Waals surface area contributed by atoms with Crippen molar-refractivity contribution in [1.29, 1.82) is 0 Å². The SMILES string of the molecule is Cc1cccc(-c2noc([C@H]3[C@@H]4CC[C@@H](C4)[C@@H]3C(=O)N(C)C(C)C)n2)c1. The van der Waals surface area contributed by atoms with Gasteiger partial charge in [0.05, 0.1) is 11.8 Å². The molecule has 0 unspecified atom stereocenters. The summed E-state index contributed by atoms with van der Waals surface area (Å²) in [4.78, 5) is 19.7. The molecule has 0 aliphatic heterocycles. The van der Waals surface area contributed by atoms with Crippen LogP contribution in [0.2, 0.25) is 0 Å². The quantitative estimate of drug-likeness (QED) is 0.832. The van der Waals surface area contributed by atoms with Crippen molar-refractivity contribution in [3.63, 3.8) is 0 Å². The molecule has 0 saturated heterocycles. The summed E-state index contributed by atoms with van der Waals surface area (Å²) in [6.07, 6.45) is 3.41. The molecule has 1 heterocycles. The Morgan fingerprint density at radius 3 is 2.77 bits per heavy atom. The molecule has 1 aromatic heterocycles. The van der Waals surface area contributed by atoms with Gasteiger partial charge in [-0.2, -0.15) is 4.98 Å². The topological polar surface area (TPSA) is 59.2 Å². The summed E-state index contributed by atoms with van der Waals surface area (Å²) >= 11 is 0. The number of aromatic nitrogens is 2. The van der Waals surface area contributed by atoms with E-state index in [9.17, 15) is 4.79 Å². The molecule has 26 heavy (non-hydrogen) atoms. The van der Waals surface area contributed by atoms with Gasteiger partial charge < -0.3 is 9.42 Å². The minimum atomic E-state index is -0.0213. The van der Waals surface area contributed by atoms with Gasteiger partial charge in [-0.15, -0.1) is 0 Å². The van der Waals surface area contributed by atoms with E-state index in [2.05, 4.69) is 38.1 Å². The van der Waals surface area contributed by atoms with Gasteiger partial charge in [0.25, 0.3) is 0 Å². The molecule has 0 spiro atoms. The summed E-state index contributed by atoms with van der Waals surface area (Å²) in [5.74, 6) is 2.47. The van der Waals surface area contributed by atoms with Gasteiger partial charge in [-0.1, -0.05) is 28.9 Å². The summed E-state index contributed by atoms with van der Waals surface area (Å²) in [5.41, 5.74) is 2.13. The molecule has 5 heteroatoms. The molecule has 2 aliphatic rings. The van der Waals surface area contributed by atoms with Crippen molar-refractivity contribution in [1.82, 2.24) is 15.0 Å². The maximum atomic E-state index is 13.1. The van der Waals surface area contributed by atoms with Gasteiger partial charge in [-0.25, -0.2) is 0 Å². The number of rotatable bonds is 4. The third-order valence-corrected chi connectivity index (χ3v) is 6.33. The Hall–Kier alpha value is -2.17. The number of fused-ring (bicyclic) bond motifs is 2. The van der Waals surface area contributed by atoms with Crippen molar-refractivity contribution in [3.8, 4) is 11.4 Å². The lowest BCUT2D eigenvalue weighted by molar-refractivity contribution is -0.138. The van der Waals surface area contributed by atoms with E-state index in [1.54, 1.807) is 0 Å². The smallest absolute Gasteiger partial charge is 0.231 e. The van der Waals surface area contributed by atoms with E-state index < -0.39 is 0 Å². The number of carbonyl (C=O) groups excluding carboxylic acids is 1. The Kier molecular flexibility index (Phi) is 4.33. The first-order valence-corrected chi connectivity index (χ1v) is 9.63. The minimum Gasteiger partial charge on any atom is -0.343 e. The standard InChI is InChI=1S/C21H27N3O2/c1-12(2)24(4)21(25)18-15-9-8-14(11-15)17(18)20-22-19(23-26-20)16-7-5-6-13(3)10-16/h5-7,10,12,14-15,17-18H,8-9,11H2,1-4H3/t14-,15+,17+,18+/m1/s1. The Morgan fingerprint density at radius 1 is 1.27 bits per heavy atom. The van der Waals surface area contributed by atoms with E-state index in [1.165, 1.54) is 5.56 Å². The molecule has 2 aromatic rings. The van der Waals surface area contributed by atoms with Crippen LogP contribution in [0.5, 0.6) is 0 Å². The van der Waals surface area contributed by atoms with Crippen LogP contribution >= 0.6 is 0 Å². The Labute approximate surface area is 154 Å². The van der Waals surface area contributed by atoms with Crippen LogP contribution in [0.1, 0.15) is 50.5 Å². The highest BCUT2D eigenvalue weighted by Crippen LogP contribution is 2.57. The first-order chi connectivity index (χ1) is 12.5. The van der Waals surface area contributed by atoms with Gasteiger partial charge in [0, 0.05) is 18.7 Å². The average molecular weight is 353 g/mol. The predicted molar refractivity (Wildman–Crippen MR) is 99.4 cm³/mol. The van der Waals surface area contributed by atoms with Crippen molar-refractivity contribution in [2.24, 2.45) is 17.8 Å². The maximum absolute atomic E-state index is 13.1. The molecular weight excluding hydrogens is 326 g/mol. The third-order valence-electron chi connectivity index (χ3n) is 6.33. The molecule has 0 N–H and O–H groups in total. The van der Waals surface area contributed by atoms with Crippen LogP contribution in [-0.2, 0) is 4.79 Å².